The van der Waals surface area contributed by atoms with Crippen LogP contribution in [0.1, 0.15) is 10.4 Å². The van der Waals surface area contributed by atoms with Crippen LogP contribution < -0.4 is 5.73 Å². The van der Waals surface area contributed by atoms with Crippen LogP contribution in [0, 0.1) is 0 Å². The van der Waals surface area contributed by atoms with Gasteiger partial charge in [0.2, 0.25) is 0 Å². The molecule has 0 aliphatic rings. The Morgan fingerprint density at radius 2 is 2.00 bits per heavy atom. The number of carbonyl (C=O) groups is 1. The van der Waals surface area contributed by atoms with Crippen molar-refractivity contribution in [1.82, 2.24) is 9.38 Å². The number of aromatic nitrogens is 2. The summed E-state index contributed by atoms with van der Waals surface area (Å²) in [6.07, 6.45) is 1.87. The Morgan fingerprint density at radius 1 is 1.19 bits per heavy atom. The van der Waals surface area contributed by atoms with E-state index in [1.165, 1.54) is 0 Å². The van der Waals surface area contributed by atoms with Gasteiger partial charge < -0.3 is 5.73 Å². The predicted octanol–water partition coefficient (Wildman–Crippen LogP) is 1.59. The number of nitrogens with zero attached hydrogens (tertiary/aromatic N) is 2. The summed E-state index contributed by atoms with van der Waals surface area (Å²) in [6.45, 7) is 0. The number of benzene rings is 1. The van der Waals surface area contributed by atoms with Gasteiger partial charge in [0, 0.05) is 6.20 Å². The van der Waals surface area contributed by atoms with Crippen LogP contribution in [0.2, 0.25) is 0 Å². The van der Waals surface area contributed by atoms with Gasteiger partial charge >= 0.3 is 0 Å². The van der Waals surface area contributed by atoms with E-state index in [0.717, 1.165) is 11.0 Å². The van der Waals surface area contributed by atoms with Gasteiger partial charge in [0.25, 0.3) is 5.91 Å². The third-order valence-electron chi connectivity index (χ3n) is 2.60. The van der Waals surface area contributed by atoms with Crippen LogP contribution in [0.4, 0.5) is 0 Å². The van der Waals surface area contributed by atoms with Gasteiger partial charge in [-0.05, 0) is 24.3 Å². The van der Waals surface area contributed by atoms with Crippen molar-refractivity contribution < 1.29 is 4.79 Å². The van der Waals surface area contributed by atoms with Crippen LogP contribution >= 0.6 is 0 Å². The molecule has 4 nitrogen and oxygen atoms in total. The minimum atomic E-state index is -0.457. The first kappa shape index (κ1) is 8.91. The number of para-hydroxylation sites is 2. The lowest BCUT2D eigenvalue weighted by Crippen LogP contribution is -2.12. The van der Waals surface area contributed by atoms with Crippen molar-refractivity contribution in [2.24, 2.45) is 5.73 Å². The van der Waals surface area contributed by atoms with Crippen LogP contribution in [0.5, 0.6) is 0 Å². The third-order valence-corrected chi connectivity index (χ3v) is 2.60. The SMILES string of the molecule is NC(=O)c1cccn2c1nc1ccccc12. The van der Waals surface area contributed by atoms with E-state index in [-0.39, 0.29) is 0 Å². The Balaban J connectivity index is 2.54. The molecule has 0 spiro atoms. The quantitative estimate of drug-likeness (QED) is 0.664. The minimum Gasteiger partial charge on any atom is -0.365 e. The summed E-state index contributed by atoms with van der Waals surface area (Å²) in [5.41, 5.74) is 8.19. The first-order chi connectivity index (χ1) is 7.77. The highest BCUT2D eigenvalue weighted by atomic mass is 16.1. The summed E-state index contributed by atoms with van der Waals surface area (Å²) in [6, 6.07) is 11.2. The summed E-state index contributed by atoms with van der Waals surface area (Å²) < 4.78 is 1.87. The number of hydrogen-bond donors (Lipinski definition) is 1. The maximum atomic E-state index is 11.3. The van der Waals surface area contributed by atoms with Gasteiger partial charge in [-0.2, -0.15) is 0 Å². The highest BCUT2D eigenvalue weighted by Gasteiger charge is 2.10. The van der Waals surface area contributed by atoms with E-state index in [1.807, 2.05) is 34.9 Å². The fraction of sp³-hybridized carbons (Fsp3) is 0. The second-order valence-electron chi connectivity index (χ2n) is 3.58. The van der Waals surface area contributed by atoms with Crippen LogP contribution in [-0.2, 0) is 0 Å². The standard InChI is InChI=1S/C12H9N3O/c13-11(16)8-4-3-7-15-10-6-2-1-5-9(10)14-12(8)15/h1-7H,(H2,13,16). The lowest BCUT2D eigenvalue weighted by Gasteiger charge is -1.98. The minimum absolute atomic E-state index is 0.443. The molecule has 3 aromatic rings. The molecule has 16 heavy (non-hydrogen) atoms. The molecule has 0 atom stereocenters. The zero-order valence-electron chi connectivity index (χ0n) is 8.42. The first-order valence-electron chi connectivity index (χ1n) is 4.93. The molecule has 1 aromatic carbocycles. The maximum absolute atomic E-state index is 11.3. The van der Waals surface area contributed by atoms with Gasteiger partial charge in [-0.3, -0.25) is 9.20 Å². The van der Waals surface area contributed by atoms with E-state index in [4.69, 9.17) is 5.73 Å². The smallest absolute Gasteiger partial charge is 0.252 e. The lowest BCUT2D eigenvalue weighted by molar-refractivity contribution is 0.100. The number of carbonyl (C=O) groups excluding carboxylic acids is 1. The zero-order chi connectivity index (χ0) is 11.1. The van der Waals surface area contributed by atoms with Crippen molar-refractivity contribution in [2.45, 2.75) is 0 Å². The van der Waals surface area contributed by atoms with Crippen molar-refractivity contribution >= 4 is 22.6 Å². The number of hydrogen-bond acceptors (Lipinski definition) is 2. The van der Waals surface area contributed by atoms with Gasteiger partial charge in [-0.1, -0.05) is 12.1 Å². The van der Waals surface area contributed by atoms with Crippen molar-refractivity contribution in [3.63, 3.8) is 0 Å². The second kappa shape index (κ2) is 3.06. The monoisotopic (exact) mass is 211 g/mol. The summed E-state index contributed by atoms with van der Waals surface area (Å²) >= 11 is 0. The fourth-order valence-electron chi connectivity index (χ4n) is 1.88. The molecule has 3 rings (SSSR count). The average Bonchev–Trinajstić information content (AvgIpc) is 2.67. The lowest BCUT2D eigenvalue weighted by atomic mass is 10.2. The number of primary amides is 1. The molecule has 78 valence electrons. The molecular weight excluding hydrogens is 202 g/mol. The molecule has 0 aliphatic heterocycles. The van der Waals surface area contributed by atoms with Crippen molar-refractivity contribution in [1.29, 1.82) is 0 Å². The van der Waals surface area contributed by atoms with Crippen molar-refractivity contribution in [3.8, 4) is 0 Å². The van der Waals surface area contributed by atoms with E-state index in [1.54, 1.807) is 12.1 Å². The van der Waals surface area contributed by atoms with Crippen LogP contribution in [-0.4, -0.2) is 15.3 Å². The number of rotatable bonds is 1. The van der Waals surface area contributed by atoms with Crippen LogP contribution in [0.3, 0.4) is 0 Å². The summed E-state index contributed by atoms with van der Waals surface area (Å²) in [5.74, 6) is -0.457. The molecule has 0 saturated carbocycles. The fourth-order valence-corrected chi connectivity index (χ4v) is 1.88. The number of pyridine rings is 1. The number of amides is 1. The molecular formula is C12H9N3O. The molecule has 2 N–H and O–H groups in total. The normalized spacial score (nSPS) is 11.0. The molecule has 0 unspecified atom stereocenters. The molecule has 2 heterocycles. The molecule has 1 amide bonds. The predicted molar refractivity (Wildman–Crippen MR) is 61.2 cm³/mol. The summed E-state index contributed by atoms with van der Waals surface area (Å²) in [7, 11) is 0. The van der Waals surface area contributed by atoms with E-state index in [2.05, 4.69) is 4.98 Å². The third kappa shape index (κ3) is 1.10. The van der Waals surface area contributed by atoms with Gasteiger partial charge in [0.1, 0.15) is 0 Å². The Morgan fingerprint density at radius 3 is 2.81 bits per heavy atom. The average molecular weight is 211 g/mol. The maximum Gasteiger partial charge on any atom is 0.252 e. The van der Waals surface area contributed by atoms with E-state index in [9.17, 15) is 4.79 Å². The molecule has 0 radical (unpaired) electrons. The topological polar surface area (TPSA) is 60.4 Å². The van der Waals surface area contributed by atoms with E-state index >= 15 is 0 Å². The molecule has 0 aliphatic carbocycles. The second-order valence-corrected chi connectivity index (χ2v) is 3.58. The number of fused-ring (bicyclic) bond motifs is 3. The van der Waals surface area contributed by atoms with E-state index < -0.39 is 5.91 Å². The zero-order valence-corrected chi connectivity index (χ0v) is 8.42. The van der Waals surface area contributed by atoms with Gasteiger partial charge in [-0.15, -0.1) is 0 Å². The summed E-state index contributed by atoms with van der Waals surface area (Å²) in [4.78, 5) is 15.7. The molecule has 0 fully saturated rings. The van der Waals surface area contributed by atoms with Crippen LogP contribution in [0.15, 0.2) is 42.6 Å². The molecule has 2 aromatic heterocycles. The Labute approximate surface area is 91.3 Å². The Bertz CT molecular complexity index is 700. The Kier molecular flexibility index (Phi) is 1.71. The number of nitrogens with two attached hydrogens (primary N) is 1. The van der Waals surface area contributed by atoms with Gasteiger partial charge in [-0.25, -0.2) is 4.98 Å². The summed E-state index contributed by atoms with van der Waals surface area (Å²) in [5, 5.41) is 0. The van der Waals surface area contributed by atoms with Crippen molar-refractivity contribution in [2.75, 3.05) is 0 Å². The van der Waals surface area contributed by atoms with E-state index in [0.29, 0.717) is 11.2 Å². The van der Waals surface area contributed by atoms with Crippen LogP contribution in [0.25, 0.3) is 16.7 Å². The highest BCUT2D eigenvalue weighted by Crippen LogP contribution is 2.18. The Hall–Kier alpha value is -2.36. The largest absolute Gasteiger partial charge is 0.365 e. The molecule has 4 heteroatoms. The molecule has 0 saturated heterocycles. The molecule has 0 bridgehead atoms. The number of imidazole rings is 1. The first-order valence-corrected chi connectivity index (χ1v) is 4.93. The van der Waals surface area contributed by atoms with Gasteiger partial charge in [0.15, 0.2) is 5.65 Å². The highest BCUT2D eigenvalue weighted by molar-refractivity contribution is 6.00. The van der Waals surface area contributed by atoms with Gasteiger partial charge in [0.05, 0.1) is 16.6 Å². The van der Waals surface area contributed by atoms with Crippen molar-refractivity contribution in [3.05, 3.63) is 48.2 Å².